The van der Waals surface area contributed by atoms with E-state index in [2.05, 4.69) is 13.8 Å². The van der Waals surface area contributed by atoms with Gasteiger partial charge in [0.2, 0.25) is 0 Å². The smallest absolute Gasteiger partial charge is 0.0455 e. The van der Waals surface area contributed by atoms with Crippen molar-refractivity contribution in [2.75, 3.05) is 0 Å². The van der Waals surface area contributed by atoms with Gasteiger partial charge in [0, 0.05) is 10.0 Å². The van der Waals surface area contributed by atoms with Crippen LogP contribution in [0.5, 0.6) is 0 Å². The zero-order valence-corrected chi connectivity index (χ0v) is 11.3. The molecule has 0 N–H and O–H groups in total. The summed E-state index contributed by atoms with van der Waals surface area (Å²) in [6.07, 6.45) is 6.08. The minimum Gasteiger partial charge on any atom is -0.0840 e. The molecule has 1 aromatic rings. The van der Waals surface area contributed by atoms with Crippen LogP contribution in [0.2, 0.25) is 10.0 Å². The molecule has 0 aliphatic heterocycles. The van der Waals surface area contributed by atoms with Crippen molar-refractivity contribution in [2.24, 2.45) is 0 Å². The summed E-state index contributed by atoms with van der Waals surface area (Å²) in [5, 5.41) is 1.48. The van der Waals surface area contributed by atoms with E-state index < -0.39 is 0 Å². The second kappa shape index (κ2) is 7.19. The number of hydrogen-bond donors (Lipinski definition) is 0. The van der Waals surface area contributed by atoms with Gasteiger partial charge in [0.25, 0.3) is 0 Å². The molecule has 0 saturated heterocycles. The Labute approximate surface area is 109 Å². The zero-order chi connectivity index (χ0) is 12.0. The minimum absolute atomic E-state index is 0.207. The Morgan fingerprint density at radius 1 is 1.12 bits per heavy atom. The van der Waals surface area contributed by atoms with Crippen molar-refractivity contribution in [3.05, 3.63) is 40.7 Å². The molecule has 1 radical (unpaired) electrons. The van der Waals surface area contributed by atoms with Gasteiger partial charge < -0.3 is 0 Å². The van der Waals surface area contributed by atoms with E-state index >= 15 is 0 Å². The Morgan fingerprint density at radius 3 is 2.31 bits per heavy atom. The highest BCUT2D eigenvalue weighted by atomic mass is 35.5. The molecule has 0 amide bonds. The van der Waals surface area contributed by atoms with Gasteiger partial charge in [-0.2, -0.15) is 0 Å². The molecule has 0 nitrogen and oxygen atoms in total. The highest BCUT2D eigenvalue weighted by molar-refractivity contribution is 6.36. The van der Waals surface area contributed by atoms with Crippen LogP contribution in [0.1, 0.15) is 50.5 Å². The van der Waals surface area contributed by atoms with Gasteiger partial charge in [0.05, 0.1) is 0 Å². The maximum Gasteiger partial charge on any atom is 0.0455 e. The molecule has 0 aliphatic carbocycles. The molecule has 2 heteroatoms. The Morgan fingerprint density at radius 2 is 1.75 bits per heavy atom. The first-order valence-electron chi connectivity index (χ1n) is 5.93. The van der Waals surface area contributed by atoms with E-state index in [1.807, 2.05) is 18.2 Å². The van der Waals surface area contributed by atoms with Crippen molar-refractivity contribution in [3.8, 4) is 0 Å². The summed E-state index contributed by atoms with van der Waals surface area (Å²) in [5.74, 6) is 0.207. The lowest BCUT2D eigenvalue weighted by molar-refractivity contribution is 0.603. The fourth-order valence-corrected chi connectivity index (χ4v) is 2.57. The average molecular weight is 258 g/mol. The molecule has 0 heterocycles. The topological polar surface area (TPSA) is 0 Å². The minimum atomic E-state index is 0.207. The van der Waals surface area contributed by atoms with Crippen LogP contribution in [0.15, 0.2) is 18.2 Å². The van der Waals surface area contributed by atoms with Crippen LogP contribution in [0.25, 0.3) is 0 Å². The maximum atomic E-state index is 6.14. The molecule has 0 aromatic heterocycles. The van der Waals surface area contributed by atoms with Gasteiger partial charge in [-0.25, -0.2) is 0 Å². The van der Waals surface area contributed by atoms with E-state index in [0.29, 0.717) is 0 Å². The Bertz CT molecular complexity index is 300. The first-order chi connectivity index (χ1) is 7.66. The molecule has 89 valence electrons. The second-order valence-corrected chi connectivity index (χ2v) is 5.00. The molecule has 1 aromatic carbocycles. The first-order valence-corrected chi connectivity index (χ1v) is 6.69. The molecule has 1 unspecified atom stereocenters. The summed E-state index contributed by atoms with van der Waals surface area (Å²) in [5.41, 5.74) is 1.00. The van der Waals surface area contributed by atoms with Crippen molar-refractivity contribution >= 4 is 23.2 Å². The van der Waals surface area contributed by atoms with Gasteiger partial charge in [0.15, 0.2) is 0 Å². The van der Waals surface area contributed by atoms with E-state index in [1.54, 1.807) is 0 Å². The van der Waals surface area contributed by atoms with Crippen LogP contribution in [-0.2, 0) is 0 Å². The monoisotopic (exact) mass is 257 g/mol. The van der Waals surface area contributed by atoms with Gasteiger partial charge in [-0.1, -0.05) is 61.9 Å². The normalized spacial score (nSPS) is 12.8. The lowest BCUT2D eigenvalue weighted by atomic mass is 9.95. The van der Waals surface area contributed by atoms with Crippen molar-refractivity contribution in [1.82, 2.24) is 0 Å². The highest BCUT2D eigenvalue weighted by Crippen LogP contribution is 2.33. The van der Waals surface area contributed by atoms with Crippen molar-refractivity contribution in [1.29, 1.82) is 0 Å². The third kappa shape index (κ3) is 3.99. The quantitative estimate of drug-likeness (QED) is 0.559. The summed E-state index contributed by atoms with van der Waals surface area (Å²) in [6.45, 7) is 6.37. The van der Waals surface area contributed by atoms with Crippen LogP contribution in [0.3, 0.4) is 0 Å². The number of halogens is 2. The fourth-order valence-electron chi connectivity index (χ4n) is 1.86. The van der Waals surface area contributed by atoms with Gasteiger partial charge >= 0.3 is 0 Å². The molecule has 1 atom stereocenters. The summed E-state index contributed by atoms with van der Waals surface area (Å²) >= 11 is 12.3. The molecular weight excluding hydrogens is 239 g/mol. The van der Waals surface area contributed by atoms with Crippen molar-refractivity contribution in [3.63, 3.8) is 0 Å². The molecule has 0 fully saturated rings. The zero-order valence-electron chi connectivity index (χ0n) is 9.81. The molecule has 0 spiro atoms. The van der Waals surface area contributed by atoms with Crippen LogP contribution >= 0.6 is 23.2 Å². The first kappa shape index (κ1) is 13.9. The molecule has 0 aliphatic rings. The SMILES string of the molecule is [CH2]C(CCCCCC)c1c(Cl)cccc1Cl. The van der Waals surface area contributed by atoms with Gasteiger partial charge in [-0.05, 0) is 37.0 Å². The molecule has 0 bridgehead atoms. The van der Waals surface area contributed by atoms with Crippen LogP contribution in [-0.4, -0.2) is 0 Å². The third-order valence-corrected chi connectivity index (χ3v) is 3.47. The number of rotatable bonds is 6. The third-order valence-electron chi connectivity index (χ3n) is 2.81. The van der Waals surface area contributed by atoms with Gasteiger partial charge in [-0.3, -0.25) is 0 Å². The second-order valence-electron chi connectivity index (χ2n) is 4.18. The lowest BCUT2D eigenvalue weighted by Gasteiger charge is -2.14. The lowest BCUT2D eigenvalue weighted by Crippen LogP contribution is -1.96. The predicted octanol–water partition coefficient (Wildman–Crippen LogP) is 5.88. The molecular formula is C14H19Cl2. The van der Waals surface area contributed by atoms with Crippen LogP contribution in [0, 0.1) is 6.92 Å². The summed E-state index contributed by atoms with van der Waals surface area (Å²) < 4.78 is 0. The summed E-state index contributed by atoms with van der Waals surface area (Å²) in [6, 6.07) is 5.64. The number of benzene rings is 1. The molecule has 1 rings (SSSR count). The fraction of sp³-hybridized carbons (Fsp3) is 0.500. The Hall–Kier alpha value is -0.200. The molecule has 0 saturated carbocycles. The number of hydrogen-bond acceptors (Lipinski definition) is 0. The Kier molecular flexibility index (Phi) is 6.23. The van der Waals surface area contributed by atoms with E-state index in [1.165, 1.54) is 25.7 Å². The van der Waals surface area contributed by atoms with Crippen LogP contribution in [0.4, 0.5) is 0 Å². The largest absolute Gasteiger partial charge is 0.0840 e. The van der Waals surface area contributed by atoms with Gasteiger partial charge in [0.1, 0.15) is 0 Å². The molecule has 16 heavy (non-hydrogen) atoms. The average Bonchev–Trinajstić information content (AvgIpc) is 2.24. The van der Waals surface area contributed by atoms with Crippen molar-refractivity contribution in [2.45, 2.75) is 44.9 Å². The summed E-state index contributed by atoms with van der Waals surface area (Å²) in [7, 11) is 0. The van der Waals surface area contributed by atoms with E-state index in [9.17, 15) is 0 Å². The Balaban J connectivity index is 2.55. The number of unbranched alkanes of at least 4 members (excludes halogenated alkanes) is 3. The van der Waals surface area contributed by atoms with Crippen LogP contribution < -0.4 is 0 Å². The van der Waals surface area contributed by atoms with E-state index in [-0.39, 0.29) is 5.92 Å². The van der Waals surface area contributed by atoms with Gasteiger partial charge in [-0.15, -0.1) is 0 Å². The summed E-state index contributed by atoms with van der Waals surface area (Å²) in [4.78, 5) is 0. The van der Waals surface area contributed by atoms with Crippen molar-refractivity contribution < 1.29 is 0 Å². The van der Waals surface area contributed by atoms with E-state index in [4.69, 9.17) is 23.2 Å². The maximum absolute atomic E-state index is 6.14. The standard InChI is InChI=1S/C14H19Cl2/c1-3-4-5-6-8-11(2)14-12(15)9-7-10-13(14)16/h7,9-11H,2-6,8H2,1H3. The predicted molar refractivity (Wildman–Crippen MR) is 73.3 cm³/mol. The van der Waals surface area contributed by atoms with E-state index in [0.717, 1.165) is 22.0 Å². The highest BCUT2D eigenvalue weighted by Gasteiger charge is 2.12.